The van der Waals surface area contributed by atoms with Crippen molar-refractivity contribution in [1.82, 2.24) is 4.48 Å². The highest BCUT2D eigenvalue weighted by Crippen LogP contribution is 2.32. The van der Waals surface area contributed by atoms with Crippen LogP contribution < -0.4 is 0 Å². The van der Waals surface area contributed by atoms with Gasteiger partial charge in [-0.2, -0.15) is 0 Å². The third kappa shape index (κ3) is 3.15. The zero-order chi connectivity index (χ0) is 18.1. The zero-order valence-electron chi connectivity index (χ0n) is 16.4. The number of aliphatic imine (C=N–C) groups is 1. The van der Waals surface area contributed by atoms with Gasteiger partial charge in [0.1, 0.15) is 0 Å². The van der Waals surface area contributed by atoms with Gasteiger partial charge < -0.3 is 13.8 Å². The summed E-state index contributed by atoms with van der Waals surface area (Å²) in [5.41, 5.74) is 9.91. The molecule has 2 aliphatic rings. The monoisotopic (exact) mass is 340 g/mol. The molecule has 0 saturated carbocycles. The highest BCUT2D eigenvalue weighted by molar-refractivity contribution is 6.43. The van der Waals surface area contributed by atoms with Crippen LogP contribution in [0.2, 0.25) is 0 Å². The number of hydrogen-bond donors (Lipinski definition) is 0. The van der Waals surface area contributed by atoms with Gasteiger partial charge in [0.25, 0.3) is 0 Å². The van der Waals surface area contributed by atoms with Gasteiger partial charge in [-0.25, -0.2) is 0 Å². The number of hydrogen-bond acceptors (Lipinski definition) is 3. The largest absolute Gasteiger partial charge is 0.597 e. The van der Waals surface area contributed by atoms with Crippen molar-refractivity contribution >= 4 is 19.0 Å². The Hall–Kier alpha value is -1.59. The van der Waals surface area contributed by atoms with Crippen molar-refractivity contribution in [2.24, 2.45) is 4.99 Å². The van der Waals surface area contributed by atoms with E-state index in [1.807, 2.05) is 0 Å². The molecule has 0 bridgehead atoms. The Kier molecular flexibility index (Phi) is 5.35. The average molecular weight is 340 g/mol. The first kappa shape index (κ1) is 18.2. The highest BCUT2D eigenvalue weighted by atomic mass is 16.6. The first-order valence-electron chi connectivity index (χ1n) is 9.40. The molecule has 0 aromatic carbocycles. The molecule has 0 aliphatic carbocycles. The van der Waals surface area contributed by atoms with Gasteiger partial charge in [0.2, 0.25) is 0 Å². The van der Waals surface area contributed by atoms with Crippen LogP contribution in [0, 0.1) is 13.8 Å². The molecule has 3 rings (SSSR count). The minimum atomic E-state index is -0.332. The molecule has 1 fully saturated rings. The Morgan fingerprint density at radius 3 is 2.32 bits per heavy atom. The summed E-state index contributed by atoms with van der Waals surface area (Å²) in [6.45, 7) is 14.5. The van der Waals surface area contributed by atoms with Crippen LogP contribution in [0.25, 0.3) is 6.08 Å². The zero-order valence-corrected chi connectivity index (χ0v) is 16.4. The van der Waals surface area contributed by atoms with Gasteiger partial charge in [0.15, 0.2) is 0 Å². The molecule has 4 nitrogen and oxygen atoms in total. The second kappa shape index (κ2) is 7.34. The van der Waals surface area contributed by atoms with Gasteiger partial charge in [-0.3, -0.25) is 4.99 Å². The molecule has 1 aromatic heterocycles. The Labute approximate surface area is 151 Å². The first-order valence-corrected chi connectivity index (χ1v) is 9.40. The molecule has 0 radical (unpaired) electrons. The molecule has 0 spiro atoms. The van der Waals surface area contributed by atoms with Crippen LogP contribution in [0.1, 0.15) is 63.1 Å². The van der Waals surface area contributed by atoms with Gasteiger partial charge in [-0.05, 0) is 75.3 Å². The van der Waals surface area contributed by atoms with Crippen molar-refractivity contribution in [3.63, 3.8) is 0 Å². The van der Waals surface area contributed by atoms with Crippen molar-refractivity contribution in [3.05, 3.63) is 39.4 Å². The van der Waals surface area contributed by atoms with Gasteiger partial charge in [-0.1, -0.05) is 13.8 Å². The summed E-state index contributed by atoms with van der Waals surface area (Å²) >= 11 is 0. The summed E-state index contributed by atoms with van der Waals surface area (Å²) in [4.78, 5) is 4.82. The smallest absolute Gasteiger partial charge is 0.392 e. The van der Waals surface area contributed by atoms with Crippen molar-refractivity contribution in [3.8, 4) is 0 Å². The molecule has 1 aromatic rings. The van der Waals surface area contributed by atoms with Gasteiger partial charge >= 0.3 is 7.25 Å². The van der Waals surface area contributed by atoms with Crippen molar-refractivity contribution in [1.29, 1.82) is 0 Å². The number of allylic oxidation sites excluding steroid dienone is 2. The van der Waals surface area contributed by atoms with Crippen LogP contribution in [0.15, 0.2) is 21.8 Å². The topological polar surface area (TPSA) is 35.8 Å². The fraction of sp³-hybridized carbons (Fsp3) is 0.550. The Balaban J connectivity index is 2.13. The number of aromatic nitrogens is 1. The van der Waals surface area contributed by atoms with E-state index in [0.717, 1.165) is 49.6 Å². The standard InChI is InChI=1S/C20H29BN2O2/c1-7-17-13(3)19(22-15(17)5)12-20-14(4)18(8-2)16(6)23(20)21-24-10-9-11-25-21/h12H,7-11H2,1-6H3/b19-12-. The molecule has 0 amide bonds. The molecular formula is C20H29BN2O2. The summed E-state index contributed by atoms with van der Waals surface area (Å²) < 4.78 is 14.0. The maximum absolute atomic E-state index is 5.92. The maximum atomic E-state index is 5.92. The van der Waals surface area contributed by atoms with E-state index in [-0.39, 0.29) is 7.25 Å². The summed E-state index contributed by atoms with van der Waals surface area (Å²) in [6, 6.07) is 0. The van der Waals surface area contributed by atoms with Crippen LogP contribution in [-0.2, 0) is 15.7 Å². The lowest BCUT2D eigenvalue weighted by Crippen LogP contribution is -2.38. The highest BCUT2D eigenvalue weighted by Gasteiger charge is 2.31. The van der Waals surface area contributed by atoms with Crippen LogP contribution in [0.4, 0.5) is 0 Å². The van der Waals surface area contributed by atoms with Gasteiger partial charge in [-0.15, -0.1) is 0 Å². The number of nitrogens with zero attached hydrogens (tertiary/aromatic N) is 2. The summed E-state index contributed by atoms with van der Waals surface area (Å²) in [6.07, 6.45) is 5.19. The van der Waals surface area contributed by atoms with E-state index in [1.54, 1.807) is 0 Å². The molecule has 2 aliphatic heterocycles. The molecular weight excluding hydrogens is 311 g/mol. The van der Waals surface area contributed by atoms with E-state index < -0.39 is 0 Å². The lowest BCUT2D eigenvalue weighted by Gasteiger charge is -2.23. The second-order valence-electron chi connectivity index (χ2n) is 6.88. The predicted octanol–water partition coefficient (Wildman–Crippen LogP) is 4.48. The molecule has 5 heteroatoms. The molecule has 3 heterocycles. The molecule has 0 N–H and O–H groups in total. The fourth-order valence-corrected chi connectivity index (χ4v) is 4.08. The van der Waals surface area contributed by atoms with Crippen molar-refractivity contribution in [2.45, 2.75) is 60.8 Å². The van der Waals surface area contributed by atoms with E-state index >= 15 is 0 Å². The molecule has 134 valence electrons. The Morgan fingerprint density at radius 2 is 1.76 bits per heavy atom. The Bertz CT molecular complexity index is 765. The van der Waals surface area contributed by atoms with Gasteiger partial charge in [0, 0.05) is 30.3 Å². The predicted molar refractivity (Wildman–Crippen MR) is 105 cm³/mol. The third-order valence-electron chi connectivity index (χ3n) is 5.46. The van der Waals surface area contributed by atoms with E-state index in [1.165, 1.54) is 28.0 Å². The first-order chi connectivity index (χ1) is 12.0. The Morgan fingerprint density at radius 1 is 1.08 bits per heavy atom. The quantitative estimate of drug-likeness (QED) is 0.758. The summed E-state index contributed by atoms with van der Waals surface area (Å²) in [5, 5.41) is 0. The molecule has 1 saturated heterocycles. The van der Waals surface area contributed by atoms with Crippen molar-refractivity contribution in [2.75, 3.05) is 13.2 Å². The lowest BCUT2D eigenvalue weighted by molar-refractivity contribution is 0.127. The van der Waals surface area contributed by atoms with Crippen LogP contribution >= 0.6 is 0 Å². The lowest BCUT2D eigenvalue weighted by atomic mass is 10.0. The van der Waals surface area contributed by atoms with Crippen molar-refractivity contribution < 1.29 is 9.31 Å². The minimum absolute atomic E-state index is 0.332. The molecule has 0 unspecified atom stereocenters. The van der Waals surface area contributed by atoms with Gasteiger partial charge in [0.05, 0.1) is 5.70 Å². The average Bonchev–Trinajstić information content (AvgIpc) is 3.01. The van der Waals surface area contributed by atoms with Crippen LogP contribution in [-0.4, -0.2) is 30.7 Å². The SMILES string of the molecule is CCC1=C(C)/C(=C/c2c(C)c(CC)c(C)n2B2OCCCO2)N=C1C. The summed E-state index contributed by atoms with van der Waals surface area (Å²) in [5.74, 6) is 0. The second-order valence-corrected chi connectivity index (χ2v) is 6.88. The summed E-state index contributed by atoms with van der Waals surface area (Å²) in [7, 11) is -0.332. The molecule has 25 heavy (non-hydrogen) atoms. The van der Waals surface area contributed by atoms with E-state index in [4.69, 9.17) is 14.3 Å². The van der Waals surface area contributed by atoms with Crippen LogP contribution in [0.3, 0.4) is 0 Å². The van der Waals surface area contributed by atoms with E-state index in [0.29, 0.717) is 0 Å². The fourth-order valence-electron chi connectivity index (χ4n) is 4.08. The van der Waals surface area contributed by atoms with Crippen LogP contribution in [0.5, 0.6) is 0 Å². The maximum Gasteiger partial charge on any atom is 0.597 e. The molecule has 0 atom stereocenters. The van der Waals surface area contributed by atoms with E-state index in [9.17, 15) is 0 Å². The normalized spacial score (nSPS) is 20.0. The van der Waals surface area contributed by atoms with E-state index in [2.05, 4.69) is 52.1 Å². The third-order valence-corrected chi connectivity index (χ3v) is 5.46. The minimum Gasteiger partial charge on any atom is -0.392 e. The number of rotatable bonds is 4.